The predicted molar refractivity (Wildman–Crippen MR) is 81.7 cm³/mol. The zero-order chi connectivity index (χ0) is 14.9. The van der Waals surface area contributed by atoms with Gasteiger partial charge >= 0.3 is 0 Å². The molecule has 0 atom stereocenters. The predicted octanol–water partition coefficient (Wildman–Crippen LogP) is 4.27. The monoisotopic (exact) mass is 311 g/mol. The highest BCUT2D eigenvalue weighted by atomic mass is 35.5. The molecule has 0 fully saturated rings. The SMILES string of the molecule is CC(C)(C)c1cc(NC(=O)c2c(Cl)cccc2Cl)n[nH]1. The molecule has 0 bridgehead atoms. The lowest BCUT2D eigenvalue weighted by Gasteiger charge is -2.14. The van der Waals surface area contributed by atoms with Crippen LogP contribution < -0.4 is 5.32 Å². The van der Waals surface area contributed by atoms with E-state index in [4.69, 9.17) is 23.2 Å². The van der Waals surface area contributed by atoms with Gasteiger partial charge in [0, 0.05) is 17.2 Å². The molecule has 20 heavy (non-hydrogen) atoms. The quantitative estimate of drug-likeness (QED) is 0.870. The highest BCUT2D eigenvalue weighted by molar-refractivity contribution is 6.40. The van der Waals surface area contributed by atoms with Crippen LogP contribution in [0.3, 0.4) is 0 Å². The number of aromatic amines is 1. The van der Waals surface area contributed by atoms with E-state index in [1.54, 1.807) is 24.3 Å². The average molecular weight is 312 g/mol. The summed E-state index contributed by atoms with van der Waals surface area (Å²) in [5.41, 5.74) is 1.10. The van der Waals surface area contributed by atoms with E-state index in [-0.39, 0.29) is 16.9 Å². The summed E-state index contributed by atoms with van der Waals surface area (Å²) in [4.78, 5) is 12.2. The number of hydrogen-bond donors (Lipinski definition) is 2. The van der Waals surface area contributed by atoms with Gasteiger partial charge in [0.2, 0.25) is 0 Å². The summed E-state index contributed by atoms with van der Waals surface area (Å²) >= 11 is 12.0. The Bertz CT molecular complexity index is 624. The van der Waals surface area contributed by atoms with Crippen LogP contribution in [-0.4, -0.2) is 16.1 Å². The van der Waals surface area contributed by atoms with E-state index in [1.807, 2.05) is 0 Å². The molecule has 0 aliphatic heterocycles. The molecule has 106 valence electrons. The number of hydrogen-bond acceptors (Lipinski definition) is 2. The molecule has 0 saturated heterocycles. The van der Waals surface area contributed by atoms with Crippen molar-refractivity contribution in [2.24, 2.45) is 0 Å². The van der Waals surface area contributed by atoms with Gasteiger partial charge in [-0.2, -0.15) is 5.10 Å². The standard InChI is InChI=1S/C14H15Cl2N3O/c1-14(2,3)10-7-11(19-18-10)17-13(20)12-8(15)5-4-6-9(12)16/h4-7H,1-3H3,(H2,17,18,19,20). The van der Waals surface area contributed by atoms with Gasteiger partial charge in [-0.3, -0.25) is 9.89 Å². The first-order chi connectivity index (χ1) is 9.29. The normalized spacial score (nSPS) is 11.4. The molecule has 0 unspecified atom stereocenters. The molecule has 0 aliphatic rings. The van der Waals surface area contributed by atoms with Crippen molar-refractivity contribution in [3.05, 3.63) is 45.6 Å². The number of H-pyrrole nitrogens is 1. The highest BCUT2D eigenvalue weighted by Gasteiger charge is 2.19. The average Bonchev–Trinajstić information content (AvgIpc) is 2.76. The highest BCUT2D eigenvalue weighted by Crippen LogP contribution is 2.26. The smallest absolute Gasteiger partial charge is 0.259 e. The Balaban J connectivity index is 2.22. The summed E-state index contributed by atoms with van der Waals surface area (Å²) in [6.45, 7) is 6.16. The van der Waals surface area contributed by atoms with Crippen molar-refractivity contribution in [3.8, 4) is 0 Å². The number of aromatic nitrogens is 2. The number of carbonyl (C=O) groups is 1. The van der Waals surface area contributed by atoms with Crippen LogP contribution in [0.15, 0.2) is 24.3 Å². The Hall–Kier alpha value is -1.52. The molecule has 0 radical (unpaired) electrons. The summed E-state index contributed by atoms with van der Waals surface area (Å²) in [6.07, 6.45) is 0. The third kappa shape index (κ3) is 3.14. The van der Waals surface area contributed by atoms with E-state index in [1.165, 1.54) is 0 Å². The van der Waals surface area contributed by atoms with Gasteiger partial charge in [0.15, 0.2) is 5.82 Å². The van der Waals surface area contributed by atoms with Gasteiger partial charge in [-0.25, -0.2) is 0 Å². The van der Waals surface area contributed by atoms with Gasteiger partial charge in [0.05, 0.1) is 15.6 Å². The molecule has 1 aromatic heterocycles. The van der Waals surface area contributed by atoms with E-state index < -0.39 is 0 Å². The number of anilines is 1. The topological polar surface area (TPSA) is 57.8 Å². The molecular formula is C14H15Cl2N3O. The number of amides is 1. The molecule has 1 amide bonds. The second-order valence-corrected chi connectivity index (χ2v) is 6.28. The lowest BCUT2D eigenvalue weighted by Crippen LogP contribution is -2.13. The molecule has 1 aromatic carbocycles. The van der Waals surface area contributed by atoms with Crippen LogP contribution in [0.25, 0.3) is 0 Å². The van der Waals surface area contributed by atoms with Crippen LogP contribution in [0, 0.1) is 0 Å². The van der Waals surface area contributed by atoms with E-state index in [2.05, 4.69) is 36.3 Å². The molecule has 2 N–H and O–H groups in total. The molecule has 6 heteroatoms. The fourth-order valence-corrected chi connectivity index (χ4v) is 2.23. The zero-order valence-corrected chi connectivity index (χ0v) is 12.9. The number of benzene rings is 1. The van der Waals surface area contributed by atoms with Crippen LogP contribution in [-0.2, 0) is 5.41 Å². The minimum absolute atomic E-state index is 0.0714. The Morgan fingerprint density at radius 3 is 2.35 bits per heavy atom. The first kappa shape index (κ1) is 14.9. The Morgan fingerprint density at radius 2 is 1.85 bits per heavy atom. The zero-order valence-electron chi connectivity index (χ0n) is 11.4. The Kier molecular flexibility index (Phi) is 4.06. The van der Waals surface area contributed by atoms with Gasteiger partial charge in [0.25, 0.3) is 5.91 Å². The molecule has 0 aliphatic carbocycles. The number of nitrogens with zero attached hydrogens (tertiary/aromatic N) is 1. The van der Waals surface area contributed by atoms with E-state index in [0.717, 1.165) is 5.69 Å². The Labute approximate surface area is 127 Å². The molecule has 0 saturated carbocycles. The van der Waals surface area contributed by atoms with Crippen molar-refractivity contribution in [2.75, 3.05) is 5.32 Å². The number of nitrogens with one attached hydrogen (secondary N) is 2. The maximum absolute atomic E-state index is 12.2. The summed E-state index contributed by atoms with van der Waals surface area (Å²) in [5.74, 6) is 0.0588. The number of rotatable bonds is 2. The van der Waals surface area contributed by atoms with Gasteiger partial charge in [-0.1, -0.05) is 50.0 Å². The van der Waals surface area contributed by atoms with E-state index in [0.29, 0.717) is 15.9 Å². The Morgan fingerprint density at radius 1 is 1.25 bits per heavy atom. The molecular weight excluding hydrogens is 297 g/mol. The van der Waals surface area contributed by atoms with Gasteiger partial charge < -0.3 is 5.32 Å². The molecule has 2 aromatic rings. The van der Waals surface area contributed by atoms with Crippen molar-refractivity contribution >= 4 is 34.9 Å². The van der Waals surface area contributed by atoms with Crippen molar-refractivity contribution in [3.63, 3.8) is 0 Å². The first-order valence-electron chi connectivity index (χ1n) is 6.10. The van der Waals surface area contributed by atoms with E-state index in [9.17, 15) is 4.79 Å². The lowest BCUT2D eigenvalue weighted by atomic mass is 9.92. The van der Waals surface area contributed by atoms with Gasteiger partial charge in [-0.05, 0) is 12.1 Å². The third-order valence-corrected chi connectivity index (χ3v) is 3.45. The fourth-order valence-electron chi connectivity index (χ4n) is 1.66. The minimum Gasteiger partial charge on any atom is -0.305 e. The van der Waals surface area contributed by atoms with Crippen molar-refractivity contribution in [2.45, 2.75) is 26.2 Å². The summed E-state index contributed by atoms with van der Waals surface area (Å²) in [6, 6.07) is 6.72. The van der Waals surface area contributed by atoms with Crippen molar-refractivity contribution < 1.29 is 4.79 Å². The maximum Gasteiger partial charge on any atom is 0.259 e. The second kappa shape index (κ2) is 5.46. The van der Waals surface area contributed by atoms with Gasteiger partial charge in [0.1, 0.15) is 0 Å². The molecule has 1 heterocycles. The van der Waals surface area contributed by atoms with Crippen LogP contribution in [0.4, 0.5) is 5.82 Å². The van der Waals surface area contributed by atoms with Gasteiger partial charge in [-0.15, -0.1) is 0 Å². The van der Waals surface area contributed by atoms with Crippen LogP contribution in [0.2, 0.25) is 10.0 Å². The molecule has 0 spiro atoms. The lowest BCUT2D eigenvalue weighted by molar-refractivity contribution is 0.102. The third-order valence-electron chi connectivity index (χ3n) is 2.82. The van der Waals surface area contributed by atoms with Crippen LogP contribution in [0.5, 0.6) is 0 Å². The van der Waals surface area contributed by atoms with E-state index >= 15 is 0 Å². The first-order valence-corrected chi connectivity index (χ1v) is 6.86. The summed E-state index contributed by atoms with van der Waals surface area (Å²) < 4.78 is 0. The van der Waals surface area contributed by atoms with Crippen molar-refractivity contribution in [1.29, 1.82) is 0 Å². The molecule has 2 rings (SSSR count). The van der Waals surface area contributed by atoms with Crippen LogP contribution in [0.1, 0.15) is 36.8 Å². The summed E-state index contributed by atoms with van der Waals surface area (Å²) in [5, 5.41) is 10.3. The number of carbonyl (C=O) groups excluding carboxylic acids is 1. The van der Waals surface area contributed by atoms with Crippen LogP contribution >= 0.6 is 23.2 Å². The molecule has 4 nitrogen and oxygen atoms in total. The number of halogens is 2. The second-order valence-electron chi connectivity index (χ2n) is 5.47. The maximum atomic E-state index is 12.2. The fraction of sp³-hybridized carbons (Fsp3) is 0.286. The largest absolute Gasteiger partial charge is 0.305 e. The van der Waals surface area contributed by atoms with Crippen molar-refractivity contribution in [1.82, 2.24) is 10.2 Å². The minimum atomic E-state index is -0.382. The summed E-state index contributed by atoms with van der Waals surface area (Å²) in [7, 11) is 0.